The number of carbonyl (C=O) groups is 1. The molecule has 1 rings (SSSR count). The van der Waals surface area contributed by atoms with Gasteiger partial charge in [0.05, 0.1) is 5.69 Å². The lowest BCUT2D eigenvalue weighted by atomic mass is 10.2. The Labute approximate surface area is 78.3 Å². The molecule has 2 nitrogen and oxygen atoms in total. The molecule has 0 radical (unpaired) electrons. The van der Waals surface area contributed by atoms with Gasteiger partial charge in [0.15, 0.2) is 0 Å². The number of nitrogens with zero attached hydrogens (tertiary/aromatic N) is 1. The second-order valence-electron chi connectivity index (χ2n) is 3.06. The molecule has 0 aliphatic heterocycles. The number of benzene rings is 1. The predicted octanol–water partition coefficient (Wildman–Crippen LogP) is 2.68. The van der Waals surface area contributed by atoms with Crippen LogP contribution in [0.25, 0.3) is 0 Å². The van der Waals surface area contributed by atoms with Gasteiger partial charge in [0, 0.05) is 12.6 Å². The Bertz CT molecular complexity index is 329. The second-order valence-corrected chi connectivity index (χ2v) is 3.06. The van der Waals surface area contributed by atoms with Crippen LogP contribution in [0.1, 0.15) is 18.9 Å². The van der Waals surface area contributed by atoms with Crippen LogP contribution in [0.2, 0.25) is 0 Å². The number of hydrogen-bond donors (Lipinski definition) is 0. The number of carbonyl (C=O) groups excluding carboxylic acids is 1. The molecule has 0 saturated carbocycles. The number of rotatable bonds is 3. The Morgan fingerprint density at radius 3 is 2.92 bits per heavy atom. The Hall–Kier alpha value is -1.44. The van der Waals surface area contributed by atoms with Crippen molar-refractivity contribution in [1.29, 1.82) is 0 Å². The van der Waals surface area contributed by atoms with E-state index in [0.29, 0.717) is 6.42 Å². The van der Waals surface area contributed by atoms with E-state index in [4.69, 9.17) is 0 Å². The lowest BCUT2D eigenvalue weighted by molar-refractivity contribution is -0.115. The smallest absolute Gasteiger partial charge is 0.135 e. The molecule has 68 valence electrons. The molecule has 1 aromatic rings. The molecule has 0 heterocycles. The first-order valence-corrected chi connectivity index (χ1v) is 4.27. The van der Waals surface area contributed by atoms with Crippen LogP contribution in [0, 0.1) is 6.92 Å². The summed E-state index contributed by atoms with van der Waals surface area (Å²) in [6, 6.07) is 7.88. The lowest BCUT2D eigenvalue weighted by Gasteiger charge is -1.94. The highest BCUT2D eigenvalue weighted by atomic mass is 16.1. The Kier molecular flexibility index (Phi) is 3.38. The molecule has 13 heavy (non-hydrogen) atoms. The molecule has 2 heteroatoms. The third-order valence-corrected chi connectivity index (χ3v) is 1.62. The van der Waals surface area contributed by atoms with Crippen LogP contribution in [0.5, 0.6) is 0 Å². The zero-order chi connectivity index (χ0) is 9.68. The Morgan fingerprint density at radius 2 is 2.31 bits per heavy atom. The fourth-order valence-corrected chi connectivity index (χ4v) is 0.988. The van der Waals surface area contributed by atoms with Crippen LogP contribution in [0.15, 0.2) is 29.3 Å². The van der Waals surface area contributed by atoms with Crippen molar-refractivity contribution in [1.82, 2.24) is 0 Å². The highest BCUT2D eigenvalue weighted by molar-refractivity contribution is 5.90. The molecule has 0 saturated heterocycles. The third kappa shape index (κ3) is 3.65. The normalized spacial score (nSPS) is 10.6. The van der Waals surface area contributed by atoms with E-state index in [1.54, 1.807) is 13.1 Å². The van der Waals surface area contributed by atoms with Gasteiger partial charge in [-0.2, -0.15) is 0 Å². The maximum atomic E-state index is 10.6. The monoisotopic (exact) mass is 175 g/mol. The topological polar surface area (TPSA) is 29.4 Å². The van der Waals surface area contributed by atoms with Crippen LogP contribution in [-0.2, 0) is 4.79 Å². The molecule has 0 atom stereocenters. The van der Waals surface area contributed by atoms with Crippen LogP contribution in [0.3, 0.4) is 0 Å². The summed E-state index contributed by atoms with van der Waals surface area (Å²) in [4.78, 5) is 14.8. The SMILES string of the molecule is CC(=O)CC=Nc1cccc(C)c1. The van der Waals surface area contributed by atoms with E-state index in [2.05, 4.69) is 4.99 Å². The average Bonchev–Trinajstić information content (AvgIpc) is 2.03. The van der Waals surface area contributed by atoms with Crippen LogP contribution in [-0.4, -0.2) is 12.0 Å². The Morgan fingerprint density at radius 1 is 1.54 bits per heavy atom. The molecule has 0 fully saturated rings. The molecule has 1 aromatic carbocycles. The van der Waals surface area contributed by atoms with E-state index >= 15 is 0 Å². The summed E-state index contributed by atoms with van der Waals surface area (Å²) in [5.74, 6) is 0.136. The molecule has 0 N–H and O–H groups in total. The third-order valence-electron chi connectivity index (χ3n) is 1.62. The molecular weight excluding hydrogens is 162 g/mol. The van der Waals surface area contributed by atoms with Gasteiger partial charge in [-0.1, -0.05) is 12.1 Å². The van der Waals surface area contributed by atoms with Gasteiger partial charge in [0.2, 0.25) is 0 Å². The van der Waals surface area contributed by atoms with Gasteiger partial charge >= 0.3 is 0 Å². The number of hydrogen-bond acceptors (Lipinski definition) is 2. The zero-order valence-electron chi connectivity index (χ0n) is 7.95. The average molecular weight is 175 g/mol. The van der Waals surface area contributed by atoms with Gasteiger partial charge in [0.25, 0.3) is 0 Å². The molecule has 0 spiro atoms. The molecule has 0 aliphatic carbocycles. The summed E-state index contributed by atoms with van der Waals surface area (Å²) in [5, 5.41) is 0. The first kappa shape index (κ1) is 9.65. The van der Waals surface area contributed by atoms with Crippen molar-refractivity contribution in [2.75, 3.05) is 0 Å². The minimum absolute atomic E-state index is 0.136. The minimum atomic E-state index is 0.136. The van der Waals surface area contributed by atoms with Crippen molar-refractivity contribution in [3.05, 3.63) is 29.8 Å². The lowest BCUT2D eigenvalue weighted by Crippen LogP contribution is -1.88. The van der Waals surface area contributed by atoms with Crippen molar-refractivity contribution < 1.29 is 4.79 Å². The number of aliphatic imine (C=N–C) groups is 1. The van der Waals surface area contributed by atoms with E-state index in [9.17, 15) is 4.79 Å². The number of aryl methyl sites for hydroxylation is 1. The van der Waals surface area contributed by atoms with E-state index in [0.717, 1.165) is 5.69 Å². The summed E-state index contributed by atoms with van der Waals surface area (Å²) in [6.45, 7) is 3.58. The second kappa shape index (κ2) is 4.55. The van der Waals surface area contributed by atoms with Crippen molar-refractivity contribution in [2.24, 2.45) is 4.99 Å². The highest BCUT2D eigenvalue weighted by Gasteiger charge is 1.89. The van der Waals surface area contributed by atoms with E-state index < -0.39 is 0 Å². The standard InChI is InChI=1S/C11H13NO/c1-9-4-3-5-11(8-9)12-7-6-10(2)13/h3-5,7-8H,6H2,1-2H3. The van der Waals surface area contributed by atoms with Crippen molar-refractivity contribution in [3.8, 4) is 0 Å². The van der Waals surface area contributed by atoms with Gasteiger partial charge in [-0.05, 0) is 31.5 Å². The minimum Gasteiger partial charge on any atom is -0.300 e. The van der Waals surface area contributed by atoms with Gasteiger partial charge in [-0.15, -0.1) is 0 Å². The predicted molar refractivity (Wildman–Crippen MR) is 54.6 cm³/mol. The summed E-state index contributed by atoms with van der Waals surface area (Å²) in [6.07, 6.45) is 2.06. The number of ketones is 1. The van der Waals surface area contributed by atoms with Crippen LogP contribution < -0.4 is 0 Å². The molecule has 0 bridgehead atoms. The summed E-state index contributed by atoms with van der Waals surface area (Å²) in [7, 11) is 0. The van der Waals surface area contributed by atoms with Gasteiger partial charge in [0.1, 0.15) is 5.78 Å². The maximum absolute atomic E-state index is 10.6. The van der Waals surface area contributed by atoms with Crippen LogP contribution in [0.4, 0.5) is 5.69 Å². The van der Waals surface area contributed by atoms with Crippen molar-refractivity contribution in [2.45, 2.75) is 20.3 Å². The molecule has 0 amide bonds. The van der Waals surface area contributed by atoms with E-state index in [-0.39, 0.29) is 5.78 Å². The first-order valence-electron chi connectivity index (χ1n) is 4.27. The fourth-order valence-electron chi connectivity index (χ4n) is 0.988. The molecule has 0 aliphatic rings. The molecule has 0 aromatic heterocycles. The van der Waals surface area contributed by atoms with Gasteiger partial charge in [-0.25, -0.2) is 0 Å². The quantitative estimate of drug-likeness (QED) is 0.649. The van der Waals surface area contributed by atoms with Gasteiger partial charge < -0.3 is 0 Å². The molecule has 0 unspecified atom stereocenters. The number of Topliss-reactive ketones (excluding diaryl/α,β-unsaturated/α-hetero) is 1. The van der Waals surface area contributed by atoms with Gasteiger partial charge in [-0.3, -0.25) is 9.79 Å². The summed E-state index contributed by atoms with van der Waals surface area (Å²) in [5.41, 5.74) is 2.08. The van der Waals surface area contributed by atoms with E-state index in [1.807, 2.05) is 31.2 Å². The molecular formula is C11H13NO. The zero-order valence-corrected chi connectivity index (χ0v) is 7.95. The van der Waals surface area contributed by atoms with Crippen molar-refractivity contribution in [3.63, 3.8) is 0 Å². The fraction of sp³-hybridized carbons (Fsp3) is 0.273. The first-order chi connectivity index (χ1) is 6.18. The summed E-state index contributed by atoms with van der Waals surface area (Å²) < 4.78 is 0. The Balaban J connectivity index is 2.63. The van der Waals surface area contributed by atoms with Crippen LogP contribution >= 0.6 is 0 Å². The van der Waals surface area contributed by atoms with E-state index in [1.165, 1.54) is 5.56 Å². The van der Waals surface area contributed by atoms with Crippen molar-refractivity contribution >= 4 is 17.7 Å². The summed E-state index contributed by atoms with van der Waals surface area (Å²) >= 11 is 0. The maximum Gasteiger partial charge on any atom is 0.135 e. The highest BCUT2D eigenvalue weighted by Crippen LogP contribution is 2.12. The largest absolute Gasteiger partial charge is 0.300 e.